The Labute approximate surface area is 232 Å². The Kier molecular flexibility index (Phi) is 11.3. The molecule has 3 aromatic carbocycles. The van der Waals surface area contributed by atoms with Crippen molar-refractivity contribution in [2.45, 2.75) is 51.1 Å². The highest BCUT2D eigenvalue weighted by molar-refractivity contribution is 7.99. The Morgan fingerprint density at radius 2 is 1.62 bits per heavy atom. The Balaban J connectivity index is 1.89. The number of nitrogens with one attached hydrogen (secondary N) is 1. The summed E-state index contributed by atoms with van der Waals surface area (Å²) in [5, 5.41) is 4.08. The van der Waals surface area contributed by atoms with E-state index in [0.717, 1.165) is 17.5 Å². The van der Waals surface area contributed by atoms with Crippen molar-refractivity contribution in [2.75, 3.05) is 5.75 Å². The van der Waals surface area contributed by atoms with Gasteiger partial charge in [-0.2, -0.15) is 0 Å². The van der Waals surface area contributed by atoms with Gasteiger partial charge in [0.2, 0.25) is 11.8 Å². The quantitative estimate of drug-likeness (QED) is 0.261. The molecule has 0 unspecified atom stereocenters. The molecule has 0 aliphatic heterocycles. The van der Waals surface area contributed by atoms with E-state index >= 15 is 0 Å². The molecule has 0 bridgehead atoms. The van der Waals surface area contributed by atoms with Crippen LogP contribution in [0.2, 0.25) is 10.0 Å². The van der Waals surface area contributed by atoms with Gasteiger partial charge in [-0.3, -0.25) is 9.59 Å². The fourth-order valence-corrected chi connectivity index (χ4v) is 5.45. The van der Waals surface area contributed by atoms with Gasteiger partial charge in [0.15, 0.2) is 0 Å². The Morgan fingerprint density at radius 1 is 0.973 bits per heavy atom. The van der Waals surface area contributed by atoms with Crippen molar-refractivity contribution in [3.05, 3.63) is 105 Å². The van der Waals surface area contributed by atoms with Gasteiger partial charge in [-0.05, 0) is 42.7 Å². The van der Waals surface area contributed by atoms with Gasteiger partial charge in [0, 0.05) is 40.4 Å². The minimum Gasteiger partial charge on any atom is -0.352 e. The number of rotatable bonds is 12. The zero-order chi connectivity index (χ0) is 26.8. The molecule has 8 heteroatoms. The minimum atomic E-state index is -0.812. The van der Waals surface area contributed by atoms with E-state index in [1.54, 1.807) is 36.4 Å². The van der Waals surface area contributed by atoms with Crippen LogP contribution in [0, 0.1) is 5.82 Å². The molecule has 2 amide bonds. The van der Waals surface area contributed by atoms with E-state index in [-0.39, 0.29) is 30.2 Å². The van der Waals surface area contributed by atoms with E-state index in [4.69, 9.17) is 23.2 Å². The van der Waals surface area contributed by atoms with Crippen LogP contribution in [0.25, 0.3) is 0 Å². The summed E-state index contributed by atoms with van der Waals surface area (Å²) in [6.07, 6.45) is 1.06. The van der Waals surface area contributed by atoms with Gasteiger partial charge in [0.1, 0.15) is 11.9 Å². The molecule has 2 atom stereocenters. The van der Waals surface area contributed by atoms with Crippen LogP contribution in [0.5, 0.6) is 0 Å². The molecule has 0 aliphatic rings. The van der Waals surface area contributed by atoms with E-state index < -0.39 is 11.9 Å². The van der Waals surface area contributed by atoms with Crippen molar-refractivity contribution in [2.24, 2.45) is 0 Å². The fourth-order valence-electron chi connectivity index (χ4n) is 3.80. The second-order valence-electron chi connectivity index (χ2n) is 8.83. The number of carbonyl (C=O) groups is 2. The number of hydrogen-bond acceptors (Lipinski definition) is 3. The van der Waals surface area contributed by atoms with E-state index in [1.807, 2.05) is 44.2 Å². The molecular weight excluding hydrogens is 530 g/mol. The van der Waals surface area contributed by atoms with Crippen LogP contribution in [-0.4, -0.2) is 34.6 Å². The second kappa shape index (κ2) is 14.4. The summed E-state index contributed by atoms with van der Waals surface area (Å²) >= 11 is 13.9. The molecule has 0 saturated heterocycles. The minimum absolute atomic E-state index is 0.0235. The fraction of sp³-hybridized carbons (Fsp3) is 0.310. The number of hydrogen-bond donors (Lipinski definition) is 1. The first-order valence-electron chi connectivity index (χ1n) is 12.2. The second-order valence-corrected chi connectivity index (χ2v) is 10.6. The highest BCUT2D eigenvalue weighted by Gasteiger charge is 2.31. The van der Waals surface area contributed by atoms with Crippen molar-refractivity contribution in [3.63, 3.8) is 0 Å². The molecular formula is C29H31Cl2FN2O2S. The highest BCUT2D eigenvalue weighted by atomic mass is 35.5. The number of carbonyl (C=O) groups excluding carboxylic acids is 2. The van der Waals surface area contributed by atoms with Crippen LogP contribution in [0.4, 0.5) is 4.39 Å². The van der Waals surface area contributed by atoms with E-state index in [9.17, 15) is 14.0 Å². The van der Waals surface area contributed by atoms with Gasteiger partial charge in [-0.25, -0.2) is 4.39 Å². The molecule has 0 heterocycles. The molecule has 4 nitrogen and oxygen atoms in total. The van der Waals surface area contributed by atoms with Crippen molar-refractivity contribution in [3.8, 4) is 0 Å². The summed E-state index contributed by atoms with van der Waals surface area (Å²) in [4.78, 5) is 28.6. The molecule has 0 fully saturated rings. The molecule has 0 aliphatic carbocycles. The van der Waals surface area contributed by atoms with Gasteiger partial charge in [-0.1, -0.05) is 84.7 Å². The van der Waals surface area contributed by atoms with Crippen LogP contribution in [0.1, 0.15) is 37.0 Å². The lowest BCUT2D eigenvalue weighted by Crippen LogP contribution is -2.52. The third-order valence-electron chi connectivity index (χ3n) is 6.10. The van der Waals surface area contributed by atoms with Crippen molar-refractivity contribution < 1.29 is 14.0 Å². The number of halogens is 3. The lowest BCUT2D eigenvalue weighted by atomic mass is 10.0. The largest absolute Gasteiger partial charge is 0.352 e. The lowest BCUT2D eigenvalue weighted by Gasteiger charge is -2.32. The molecule has 1 N–H and O–H groups in total. The molecule has 0 spiro atoms. The first-order chi connectivity index (χ1) is 17.8. The Morgan fingerprint density at radius 3 is 2.27 bits per heavy atom. The van der Waals surface area contributed by atoms with E-state index in [2.05, 4.69) is 5.32 Å². The summed E-state index contributed by atoms with van der Waals surface area (Å²) < 4.78 is 14.7. The standard InChI is InChI=1S/C29H31Cl2FN2O2S/c1-3-20(2)33-29(36)27(16-21-10-5-4-6-11-21)34(17-22-12-7-8-15-26(22)32)28(35)19-37-18-23-24(30)13-9-14-25(23)31/h4-15,20,27H,3,16-19H2,1-2H3,(H,33,36)/t20-,27+/m0/s1. The highest BCUT2D eigenvalue weighted by Crippen LogP contribution is 2.28. The molecule has 0 radical (unpaired) electrons. The first kappa shape index (κ1) is 29.0. The number of benzene rings is 3. The molecule has 196 valence electrons. The Bertz CT molecular complexity index is 1180. The smallest absolute Gasteiger partial charge is 0.243 e. The van der Waals surface area contributed by atoms with Crippen LogP contribution >= 0.6 is 35.0 Å². The third kappa shape index (κ3) is 8.49. The number of thioether (sulfide) groups is 1. The Hall–Kier alpha value is -2.54. The molecule has 0 aromatic heterocycles. The maximum Gasteiger partial charge on any atom is 0.243 e. The molecule has 3 rings (SSSR count). The van der Waals surface area contributed by atoms with Gasteiger partial charge in [-0.15, -0.1) is 11.8 Å². The van der Waals surface area contributed by atoms with Crippen molar-refractivity contribution in [1.29, 1.82) is 0 Å². The zero-order valence-corrected chi connectivity index (χ0v) is 23.3. The van der Waals surface area contributed by atoms with Crippen LogP contribution in [-0.2, 0) is 28.3 Å². The topological polar surface area (TPSA) is 49.4 Å². The van der Waals surface area contributed by atoms with Crippen LogP contribution in [0.15, 0.2) is 72.8 Å². The monoisotopic (exact) mass is 560 g/mol. The van der Waals surface area contributed by atoms with Crippen LogP contribution in [0.3, 0.4) is 0 Å². The summed E-state index contributed by atoms with van der Waals surface area (Å²) in [5.74, 6) is -0.437. The SMILES string of the molecule is CC[C@H](C)NC(=O)[C@@H](Cc1ccccc1)N(Cc1ccccc1F)C(=O)CSCc1c(Cl)cccc1Cl. The van der Waals surface area contributed by atoms with Gasteiger partial charge < -0.3 is 10.2 Å². The number of nitrogens with zero attached hydrogens (tertiary/aromatic N) is 1. The number of amides is 2. The van der Waals surface area contributed by atoms with Crippen molar-refractivity contribution >= 4 is 46.8 Å². The van der Waals surface area contributed by atoms with E-state index in [0.29, 0.717) is 27.8 Å². The maximum atomic E-state index is 14.7. The zero-order valence-electron chi connectivity index (χ0n) is 20.9. The summed E-state index contributed by atoms with van der Waals surface area (Å²) in [6.45, 7) is 3.88. The summed E-state index contributed by atoms with van der Waals surface area (Å²) in [5.41, 5.74) is 2.01. The third-order valence-corrected chi connectivity index (χ3v) is 7.76. The van der Waals surface area contributed by atoms with Crippen LogP contribution < -0.4 is 5.32 Å². The molecule has 37 heavy (non-hydrogen) atoms. The lowest BCUT2D eigenvalue weighted by molar-refractivity contribution is -0.139. The average molecular weight is 562 g/mol. The van der Waals surface area contributed by atoms with Gasteiger partial charge >= 0.3 is 0 Å². The molecule has 3 aromatic rings. The van der Waals surface area contributed by atoms with Gasteiger partial charge in [0.25, 0.3) is 0 Å². The van der Waals surface area contributed by atoms with Gasteiger partial charge in [0.05, 0.1) is 5.75 Å². The van der Waals surface area contributed by atoms with Crippen molar-refractivity contribution in [1.82, 2.24) is 10.2 Å². The predicted molar refractivity (Wildman–Crippen MR) is 151 cm³/mol. The average Bonchev–Trinajstić information content (AvgIpc) is 2.89. The molecule has 0 saturated carbocycles. The predicted octanol–water partition coefficient (Wildman–Crippen LogP) is 6.92. The van der Waals surface area contributed by atoms with E-state index in [1.165, 1.54) is 22.7 Å². The maximum absolute atomic E-state index is 14.7. The summed E-state index contributed by atoms with van der Waals surface area (Å²) in [7, 11) is 0. The summed E-state index contributed by atoms with van der Waals surface area (Å²) in [6, 6.07) is 20.3. The normalized spacial score (nSPS) is 12.6. The first-order valence-corrected chi connectivity index (χ1v) is 14.1.